The van der Waals surface area contributed by atoms with E-state index in [0.29, 0.717) is 38.9 Å². The minimum atomic E-state index is -0.958. The molecule has 1 atom stereocenters. The summed E-state index contributed by atoms with van der Waals surface area (Å²) < 4.78 is 0. The van der Waals surface area contributed by atoms with E-state index in [1.807, 2.05) is 43.0 Å². The van der Waals surface area contributed by atoms with Gasteiger partial charge in [-0.3, -0.25) is 9.59 Å². The van der Waals surface area contributed by atoms with Crippen LogP contribution >= 0.6 is 0 Å². The van der Waals surface area contributed by atoms with Crippen molar-refractivity contribution in [3.8, 4) is 0 Å². The van der Waals surface area contributed by atoms with Gasteiger partial charge >= 0.3 is 5.97 Å². The Balaban J connectivity index is 1.71. The molecule has 1 unspecified atom stereocenters. The number of carboxylic acids is 1. The first kappa shape index (κ1) is 18.4. The number of piperidine rings is 1. The molecule has 1 N–H and O–H groups in total. The standard InChI is InChI=1S/C20H26N2O4/c1-13(2)18(23)21-9-7-14(8-10-21)19(24)22-12-16-6-4-3-5-15(16)11-17(22)20(25)26/h3-6,13-14,17H,7-12H2,1-2H3,(H,25,26). The number of amides is 2. The molecule has 1 saturated heterocycles. The first-order valence-electron chi connectivity index (χ1n) is 9.27. The second-order valence-electron chi connectivity index (χ2n) is 7.55. The van der Waals surface area contributed by atoms with Crippen molar-refractivity contribution in [1.82, 2.24) is 9.80 Å². The minimum absolute atomic E-state index is 0.0442. The number of carboxylic acid groups (broad SMARTS) is 1. The smallest absolute Gasteiger partial charge is 0.326 e. The Morgan fingerprint density at radius 3 is 2.27 bits per heavy atom. The van der Waals surface area contributed by atoms with Gasteiger partial charge in [-0.05, 0) is 24.0 Å². The summed E-state index contributed by atoms with van der Waals surface area (Å²) in [7, 11) is 0. The van der Waals surface area contributed by atoms with Crippen molar-refractivity contribution in [2.24, 2.45) is 11.8 Å². The van der Waals surface area contributed by atoms with Crippen molar-refractivity contribution in [2.45, 2.75) is 45.7 Å². The molecule has 2 heterocycles. The van der Waals surface area contributed by atoms with Crippen LogP contribution in [0.5, 0.6) is 0 Å². The van der Waals surface area contributed by atoms with Crippen LogP contribution in [0.1, 0.15) is 37.8 Å². The summed E-state index contributed by atoms with van der Waals surface area (Å²) in [6.45, 7) is 5.23. The molecule has 1 aromatic rings. The van der Waals surface area contributed by atoms with E-state index in [1.54, 1.807) is 0 Å². The van der Waals surface area contributed by atoms with Crippen molar-refractivity contribution in [1.29, 1.82) is 0 Å². The highest BCUT2D eigenvalue weighted by atomic mass is 16.4. The highest BCUT2D eigenvalue weighted by molar-refractivity contribution is 5.86. The van der Waals surface area contributed by atoms with Crippen LogP contribution in [0.2, 0.25) is 0 Å². The monoisotopic (exact) mass is 358 g/mol. The minimum Gasteiger partial charge on any atom is -0.480 e. The van der Waals surface area contributed by atoms with Gasteiger partial charge in [-0.25, -0.2) is 4.79 Å². The van der Waals surface area contributed by atoms with Crippen molar-refractivity contribution in [3.63, 3.8) is 0 Å². The molecule has 6 heteroatoms. The first-order valence-corrected chi connectivity index (χ1v) is 9.27. The van der Waals surface area contributed by atoms with E-state index in [1.165, 1.54) is 4.90 Å². The maximum Gasteiger partial charge on any atom is 0.326 e. The Hall–Kier alpha value is -2.37. The molecule has 0 aliphatic carbocycles. The Morgan fingerprint density at radius 2 is 1.69 bits per heavy atom. The van der Waals surface area contributed by atoms with E-state index >= 15 is 0 Å². The summed E-state index contributed by atoms with van der Waals surface area (Å²) >= 11 is 0. The number of likely N-dealkylation sites (tertiary alicyclic amines) is 1. The molecule has 2 amide bonds. The molecule has 0 bridgehead atoms. The average Bonchev–Trinajstić information content (AvgIpc) is 2.65. The number of aliphatic carboxylic acids is 1. The summed E-state index contributed by atoms with van der Waals surface area (Å²) in [5.74, 6) is -1.19. The number of hydrogen-bond acceptors (Lipinski definition) is 3. The molecule has 140 valence electrons. The molecular weight excluding hydrogens is 332 g/mol. The Morgan fingerprint density at radius 1 is 1.08 bits per heavy atom. The van der Waals surface area contributed by atoms with Gasteiger partial charge in [0.15, 0.2) is 0 Å². The van der Waals surface area contributed by atoms with E-state index in [9.17, 15) is 19.5 Å². The van der Waals surface area contributed by atoms with Gasteiger partial charge in [0.25, 0.3) is 0 Å². The number of carbonyl (C=O) groups is 3. The quantitative estimate of drug-likeness (QED) is 0.895. The number of fused-ring (bicyclic) bond motifs is 1. The van der Waals surface area contributed by atoms with Crippen molar-refractivity contribution >= 4 is 17.8 Å². The third kappa shape index (κ3) is 3.59. The molecule has 0 aromatic heterocycles. The Bertz CT molecular complexity index is 708. The maximum atomic E-state index is 13.0. The zero-order valence-corrected chi connectivity index (χ0v) is 15.4. The fraction of sp³-hybridized carbons (Fsp3) is 0.550. The lowest BCUT2D eigenvalue weighted by molar-refractivity contribution is -0.154. The van der Waals surface area contributed by atoms with Crippen LogP contribution in [0, 0.1) is 11.8 Å². The normalized spacial score (nSPS) is 20.8. The van der Waals surface area contributed by atoms with Gasteiger partial charge in [0.05, 0.1) is 0 Å². The summed E-state index contributed by atoms with van der Waals surface area (Å²) in [5, 5.41) is 9.61. The van der Waals surface area contributed by atoms with Gasteiger partial charge < -0.3 is 14.9 Å². The Kier molecular flexibility index (Phi) is 5.30. The van der Waals surface area contributed by atoms with Gasteiger partial charge in [0.2, 0.25) is 11.8 Å². The largest absolute Gasteiger partial charge is 0.480 e. The summed E-state index contributed by atoms with van der Waals surface area (Å²) in [5.41, 5.74) is 2.02. The van der Waals surface area contributed by atoms with Crippen LogP contribution in [0.3, 0.4) is 0 Å². The van der Waals surface area contributed by atoms with Crippen LogP contribution in [0.4, 0.5) is 0 Å². The van der Waals surface area contributed by atoms with Gasteiger partial charge in [-0.2, -0.15) is 0 Å². The molecular formula is C20H26N2O4. The van der Waals surface area contributed by atoms with E-state index in [-0.39, 0.29) is 23.7 Å². The average molecular weight is 358 g/mol. The molecule has 2 aliphatic rings. The van der Waals surface area contributed by atoms with Crippen molar-refractivity contribution in [3.05, 3.63) is 35.4 Å². The van der Waals surface area contributed by atoms with E-state index < -0.39 is 12.0 Å². The lowest BCUT2D eigenvalue weighted by Crippen LogP contribution is -2.52. The lowest BCUT2D eigenvalue weighted by atomic mass is 9.89. The highest BCUT2D eigenvalue weighted by Crippen LogP contribution is 2.28. The molecule has 0 radical (unpaired) electrons. The molecule has 3 rings (SSSR count). The number of benzene rings is 1. The third-order valence-electron chi connectivity index (χ3n) is 5.47. The molecule has 0 spiro atoms. The zero-order valence-electron chi connectivity index (χ0n) is 15.4. The maximum absolute atomic E-state index is 13.0. The van der Waals surface area contributed by atoms with Crippen LogP contribution in [-0.2, 0) is 27.3 Å². The summed E-state index contributed by atoms with van der Waals surface area (Å²) in [6.07, 6.45) is 1.55. The van der Waals surface area contributed by atoms with Crippen LogP contribution in [0.25, 0.3) is 0 Å². The zero-order chi connectivity index (χ0) is 18.8. The molecule has 6 nitrogen and oxygen atoms in total. The van der Waals surface area contributed by atoms with Gasteiger partial charge in [0, 0.05) is 37.9 Å². The predicted molar refractivity (Wildman–Crippen MR) is 96.3 cm³/mol. The second kappa shape index (κ2) is 7.48. The van der Waals surface area contributed by atoms with Gasteiger partial charge in [-0.15, -0.1) is 0 Å². The van der Waals surface area contributed by atoms with Crippen LogP contribution < -0.4 is 0 Å². The Labute approximate surface area is 153 Å². The first-order chi connectivity index (χ1) is 12.4. The van der Waals surface area contributed by atoms with Gasteiger partial charge in [0.1, 0.15) is 6.04 Å². The van der Waals surface area contributed by atoms with E-state index in [2.05, 4.69) is 0 Å². The number of hydrogen-bond donors (Lipinski definition) is 1. The lowest BCUT2D eigenvalue weighted by Gasteiger charge is -2.39. The SMILES string of the molecule is CC(C)C(=O)N1CCC(C(=O)N2Cc3ccccc3CC2C(=O)O)CC1. The fourth-order valence-electron chi connectivity index (χ4n) is 3.92. The molecule has 1 fully saturated rings. The third-order valence-corrected chi connectivity index (χ3v) is 5.47. The van der Waals surface area contributed by atoms with Gasteiger partial charge in [-0.1, -0.05) is 38.1 Å². The molecule has 0 saturated carbocycles. The van der Waals surface area contributed by atoms with Crippen LogP contribution in [0.15, 0.2) is 24.3 Å². The number of carbonyl (C=O) groups excluding carboxylic acids is 2. The molecule has 1 aromatic carbocycles. The number of nitrogens with zero attached hydrogens (tertiary/aromatic N) is 2. The second-order valence-corrected chi connectivity index (χ2v) is 7.55. The van der Waals surface area contributed by atoms with Crippen molar-refractivity contribution < 1.29 is 19.5 Å². The number of rotatable bonds is 3. The predicted octanol–water partition coefficient (Wildman–Crippen LogP) is 1.92. The molecule has 2 aliphatic heterocycles. The fourth-order valence-corrected chi connectivity index (χ4v) is 3.92. The van der Waals surface area contributed by atoms with Crippen molar-refractivity contribution in [2.75, 3.05) is 13.1 Å². The van der Waals surface area contributed by atoms with E-state index in [0.717, 1.165) is 11.1 Å². The summed E-state index contributed by atoms with van der Waals surface area (Å²) in [6, 6.07) is 6.89. The summed E-state index contributed by atoms with van der Waals surface area (Å²) in [4.78, 5) is 40.2. The molecule has 26 heavy (non-hydrogen) atoms. The van der Waals surface area contributed by atoms with Crippen LogP contribution in [-0.4, -0.2) is 51.8 Å². The topological polar surface area (TPSA) is 77.9 Å². The van der Waals surface area contributed by atoms with E-state index in [4.69, 9.17) is 0 Å². The highest BCUT2D eigenvalue weighted by Gasteiger charge is 2.38.